The van der Waals surface area contributed by atoms with E-state index in [1.807, 2.05) is 0 Å². The molecule has 0 radical (unpaired) electrons. The molecule has 108 valence electrons. The Morgan fingerprint density at radius 2 is 2.21 bits per heavy atom. The zero-order valence-electron chi connectivity index (χ0n) is 11.0. The second-order valence-electron chi connectivity index (χ2n) is 4.24. The number of aromatic nitrogens is 1. The molecule has 19 heavy (non-hydrogen) atoms. The van der Waals surface area contributed by atoms with E-state index in [2.05, 4.69) is 9.71 Å². The maximum atomic E-state index is 12.2. The summed E-state index contributed by atoms with van der Waals surface area (Å²) in [7, 11) is -4.57. The smallest absolute Gasteiger partial charge is 0.242 e. The monoisotopic (exact) mass is 305 g/mol. The van der Waals surface area contributed by atoms with Crippen LogP contribution in [-0.4, -0.2) is 35.7 Å². The Bertz CT molecular complexity index is 546. The molecule has 2 unspecified atom stereocenters. The van der Waals surface area contributed by atoms with Crippen LogP contribution in [0.1, 0.15) is 19.0 Å². The van der Waals surface area contributed by atoms with Crippen LogP contribution in [-0.2, 0) is 27.4 Å². The molecule has 0 aromatic carbocycles. The summed E-state index contributed by atoms with van der Waals surface area (Å²) in [5, 5.41) is 0. The van der Waals surface area contributed by atoms with Crippen molar-refractivity contribution in [2.24, 2.45) is 5.73 Å². The standard InChI is InChI=1S/C11H19N3O3S2/c1-9(5-7-18(2)15)14-19(16,17)11-4-3-6-13-10(11)8-12/h3-4,6,9,14H,5,7-8,12H2,1-2H3. The Labute approximate surface area is 116 Å². The predicted octanol–water partition coefficient (Wildman–Crippen LogP) is -0.0243. The van der Waals surface area contributed by atoms with Crippen molar-refractivity contribution in [1.82, 2.24) is 9.71 Å². The zero-order chi connectivity index (χ0) is 14.5. The van der Waals surface area contributed by atoms with Crippen LogP contribution in [0.5, 0.6) is 0 Å². The molecule has 1 aromatic heterocycles. The Morgan fingerprint density at radius 1 is 1.53 bits per heavy atom. The molecule has 1 heterocycles. The first-order valence-electron chi connectivity index (χ1n) is 5.83. The lowest BCUT2D eigenvalue weighted by molar-refractivity contribution is 0.554. The van der Waals surface area contributed by atoms with Crippen molar-refractivity contribution in [2.45, 2.75) is 30.8 Å². The third-order valence-electron chi connectivity index (χ3n) is 2.53. The lowest BCUT2D eigenvalue weighted by Gasteiger charge is -2.15. The molecule has 3 N–H and O–H groups in total. The molecule has 6 nitrogen and oxygen atoms in total. The summed E-state index contributed by atoms with van der Waals surface area (Å²) >= 11 is 0. The van der Waals surface area contributed by atoms with Crippen LogP contribution < -0.4 is 10.5 Å². The third-order valence-corrected chi connectivity index (χ3v) is 5.00. The van der Waals surface area contributed by atoms with Crippen molar-refractivity contribution in [3.63, 3.8) is 0 Å². The van der Waals surface area contributed by atoms with Crippen molar-refractivity contribution in [2.75, 3.05) is 12.0 Å². The highest BCUT2D eigenvalue weighted by Gasteiger charge is 2.20. The second kappa shape index (κ2) is 7.09. The minimum absolute atomic E-state index is 0.0600. The van der Waals surface area contributed by atoms with Gasteiger partial charge in [0.2, 0.25) is 10.0 Å². The van der Waals surface area contributed by atoms with Gasteiger partial charge >= 0.3 is 0 Å². The maximum Gasteiger partial charge on any atom is 0.242 e. The molecule has 1 aromatic rings. The first-order chi connectivity index (χ1) is 8.86. The number of sulfonamides is 1. The van der Waals surface area contributed by atoms with Gasteiger partial charge in [-0.2, -0.15) is 0 Å². The van der Waals surface area contributed by atoms with Crippen molar-refractivity contribution in [3.8, 4) is 0 Å². The fourth-order valence-electron chi connectivity index (χ4n) is 1.55. The topological polar surface area (TPSA) is 102 Å². The van der Waals surface area contributed by atoms with Gasteiger partial charge in [0, 0.05) is 41.6 Å². The molecule has 8 heteroatoms. The average molecular weight is 305 g/mol. The Morgan fingerprint density at radius 3 is 2.79 bits per heavy atom. The Hall–Kier alpha value is -0.830. The molecule has 2 atom stereocenters. The second-order valence-corrected chi connectivity index (χ2v) is 7.48. The maximum absolute atomic E-state index is 12.2. The summed E-state index contributed by atoms with van der Waals surface area (Å²) in [4.78, 5) is 4.05. The van der Waals surface area contributed by atoms with Crippen LogP contribution in [0.25, 0.3) is 0 Å². The summed E-state index contributed by atoms with van der Waals surface area (Å²) in [6.07, 6.45) is 3.61. The van der Waals surface area contributed by atoms with E-state index in [1.165, 1.54) is 12.3 Å². The number of nitrogens with two attached hydrogens (primary N) is 1. The Balaban J connectivity index is 2.83. The molecular weight excluding hydrogens is 286 g/mol. The number of nitrogens with one attached hydrogen (secondary N) is 1. The van der Waals surface area contributed by atoms with E-state index in [0.29, 0.717) is 17.9 Å². The van der Waals surface area contributed by atoms with Gasteiger partial charge in [-0.3, -0.25) is 9.19 Å². The highest BCUT2D eigenvalue weighted by Crippen LogP contribution is 2.13. The van der Waals surface area contributed by atoms with E-state index < -0.39 is 20.8 Å². The van der Waals surface area contributed by atoms with Crippen LogP contribution in [0, 0.1) is 0 Å². The molecule has 0 aliphatic heterocycles. The van der Waals surface area contributed by atoms with Gasteiger partial charge < -0.3 is 5.73 Å². The highest BCUT2D eigenvalue weighted by atomic mass is 32.2. The molecule has 0 aliphatic rings. The van der Waals surface area contributed by atoms with Crippen molar-refractivity contribution in [1.29, 1.82) is 0 Å². The normalized spacial score (nSPS) is 15.1. The number of rotatable bonds is 7. The van der Waals surface area contributed by atoms with E-state index in [9.17, 15) is 12.6 Å². The van der Waals surface area contributed by atoms with Crippen LogP contribution in [0.3, 0.4) is 0 Å². The van der Waals surface area contributed by atoms with Crippen LogP contribution in [0.2, 0.25) is 0 Å². The van der Waals surface area contributed by atoms with Gasteiger partial charge in [-0.25, -0.2) is 13.1 Å². The molecule has 0 amide bonds. The SMILES string of the molecule is CC(CCS(C)=O)NS(=O)(=O)c1cccnc1CN. The number of nitrogens with zero attached hydrogens (tertiary/aromatic N) is 1. The molecule has 0 spiro atoms. The summed E-state index contributed by atoms with van der Waals surface area (Å²) in [6.45, 7) is 1.80. The summed E-state index contributed by atoms with van der Waals surface area (Å²) < 4.78 is 37.9. The van der Waals surface area contributed by atoms with E-state index in [0.717, 1.165) is 0 Å². The number of pyridine rings is 1. The highest BCUT2D eigenvalue weighted by molar-refractivity contribution is 7.89. The third kappa shape index (κ3) is 4.98. The van der Waals surface area contributed by atoms with E-state index in [-0.39, 0.29) is 17.5 Å². The van der Waals surface area contributed by atoms with Gasteiger partial charge in [-0.05, 0) is 25.5 Å². The minimum Gasteiger partial charge on any atom is -0.325 e. The van der Waals surface area contributed by atoms with E-state index in [4.69, 9.17) is 5.73 Å². The van der Waals surface area contributed by atoms with Crippen LogP contribution >= 0.6 is 0 Å². The van der Waals surface area contributed by atoms with Crippen LogP contribution in [0.4, 0.5) is 0 Å². The van der Waals surface area contributed by atoms with E-state index in [1.54, 1.807) is 19.2 Å². The quantitative estimate of drug-likeness (QED) is 0.737. The molecule has 1 rings (SSSR count). The molecule has 0 fully saturated rings. The van der Waals surface area contributed by atoms with Gasteiger partial charge in [0.1, 0.15) is 4.90 Å². The van der Waals surface area contributed by atoms with Gasteiger partial charge in [0.25, 0.3) is 0 Å². The van der Waals surface area contributed by atoms with Crippen molar-refractivity contribution in [3.05, 3.63) is 24.0 Å². The predicted molar refractivity (Wildman–Crippen MR) is 75.5 cm³/mol. The van der Waals surface area contributed by atoms with Gasteiger partial charge in [0.05, 0.1) is 5.69 Å². The molecule has 0 saturated heterocycles. The van der Waals surface area contributed by atoms with E-state index >= 15 is 0 Å². The van der Waals surface area contributed by atoms with Crippen molar-refractivity contribution < 1.29 is 12.6 Å². The molecule has 0 saturated carbocycles. The lowest BCUT2D eigenvalue weighted by Crippen LogP contribution is -2.34. The summed E-state index contributed by atoms with van der Waals surface area (Å²) in [6, 6.07) is 2.74. The Kier molecular flexibility index (Phi) is 6.05. The fraction of sp³-hybridized carbons (Fsp3) is 0.545. The molecule has 0 bridgehead atoms. The average Bonchev–Trinajstić information content (AvgIpc) is 2.35. The fourth-order valence-corrected chi connectivity index (χ4v) is 3.72. The first kappa shape index (κ1) is 16.2. The van der Waals surface area contributed by atoms with Gasteiger partial charge in [-0.1, -0.05) is 0 Å². The number of hydrogen-bond acceptors (Lipinski definition) is 5. The summed E-state index contributed by atoms with van der Waals surface area (Å²) in [5.74, 6) is 0.459. The largest absolute Gasteiger partial charge is 0.325 e. The molecular formula is C11H19N3O3S2. The van der Waals surface area contributed by atoms with Gasteiger partial charge in [-0.15, -0.1) is 0 Å². The summed E-state index contributed by atoms with van der Waals surface area (Å²) in [5.41, 5.74) is 5.82. The van der Waals surface area contributed by atoms with Gasteiger partial charge in [0.15, 0.2) is 0 Å². The zero-order valence-corrected chi connectivity index (χ0v) is 12.6. The lowest BCUT2D eigenvalue weighted by atomic mass is 10.3. The first-order valence-corrected chi connectivity index (χ1v) is 9.04. The minimum atomic E-state index is -3.64. The van der Waals surface area contributed by atoms with Crippen LogP contribution in [0.15, 0.2) is 23.2 Å². The molecule has 0 aliphatic carbocycles. The van der Waals surface area contributed by atoms with Crippen molar-refractivity contribution >= 4 is 20.8 Å². The number of hydrogen-bond donors (Lipinski definition) is 2.